The van der Waals surface area contributed by atoms with Crippen molar-refractivity contribution in [3.63, 3.8) is 0 Å². The van der Waals surface area contributed by atoms with E-state index in [0.717, 1.165) is 6.54 Å². The first-order valence-corrected chi connectivity index (χ1v) is 4.32. The number of ether oxygens (including phenoxy) is 1. The predicted molar refractivity (Wildman–Crippen MR) is 42.2 cm³/mol. The fourth-order valence-electron chi connectivity index (χ4n) is 1.38. The topological polar surface area (TPSA) is 12.5 Å². The lowest BCUT2D eigenvalue weighted by molar-refractivity contribution is -0.0928. The van der Waals surface area contributed by atoms with E-state index < -0.39 is 5.92 Å². The first kappa shape index (κ1) is 9.86. The van der Waals surface area contributed by atoms with Crippen molar-refractivity contribution in [3.05, 3.63) is 0 Å². The molecule has 12 heavy (non-hydrogen) atoms. The molecule has 1 saturated heterocycles. The third kappa shape index (κ3) is 3.03. The molecule has 0 aromatic rings. The second-order valence-corrected chi connectivity index (χ2v) is 3.13. The summed E-state index contributed by atoms with van der Waals surface area (Å²) in [5, 5.41) is 0. The van der Waals surface area contributed by atoms with Gasteiger partial charge in [0.15, 0.2) is 0 Å². The summed E-state index contributed by atoms with van der Waals surface area (Å²) < 4.78 is 30.6. The van der Waals surface area contributed by atoms with E-state index in [1.54, 1.807) is 4.90 Å². The molecule has 0 aromatic carbocycles. The van der Waals surface area contributed by atoms with Gasteiger partial charge in [0.05, 0.1) is 13.3 Å². The van der Waals surface area contributed by atoms with E-state index >= 15 is 0 Å². The number of halogens is 2. The Kier molecular flexibility index (Phi) is 3.40. The average Bonchev–Trinajstić information content (AvgIpc) is 1.99. The molecule has 1 rings (SSSR count). The summed E-state index contributed by atoms with van der Waals surface area (Å²) in [5.74, 6) is -2.50. The summed E-state index contributed by atoms with van der Waals surface area (Å²) in [7, 11) is 0. The van der Waals surface area contributed by atoms with Gasteiger partial charge in [0.2, 0.25) is 0 Å². The molecule has 0 aliphatic carbocycles. The van der Waals surface area contributed by atoms with Crippen molar-refractivity contribution in [2.45, 2.75) is 25.7 Å². The zero-order chi connectivity index (χ0) is 9.03. The van der Waals surface area contributed by atoms with Gasteiger partial charge in [0.25, 0.3) is 5.92 Å². The van der Waals surface area contributed by atoms with Crippen LogP contribution < -0.4 is 0 Å². The van der Waals surface area contributed by atoms with Crippen LogP contribution in [0.2, 0.25) is 0 Å². The Balaban J connectivity index is 2.26. The number of piperidine rings is 1. The summed E-state index contributed by atoms with van der Waals surface area (Å²) in [6, 6.07) is 0. The molecule has 0 N–H and O–H groups in total. The minimum Gasteiger partial charge on any atom is -0.366 e. The van der Waals surface area contributed by atoms with E-state index in [9.17, 15) is 8.78 Å². The number of nitrogens with zero attached hydrogens (tertiary/aromatic N) is 1. The molecule has 1 heterocycles. The molecule has 0 spiro atoms. The summed E-state index contributed by atoms with van der Waals surface area (Å²) in [6.45, 7) is 3.37. The Labute approximate surface area is 71.5 Å². The zero-order valence-corrected chi connectivity index (χ0v) is 7.35. The maximum Gasteiger partial charge on any atom is 0.260 e. The van der Waals surface area contributed by atoms with Gasteiger partial charge in [-0.05, 0) is 13.3 Å². The van der Waals surface area contributed by atoms with Gasteiger partial charge < -0.3 is 4.74 Å². The molecule has 4 heteroatoms. The van der Waals surface area contributed by atoms with Crippen LogP contribution in [0.25, 0.3) is 0 Å². The molecule has 2 nitrogen and oxygen atoms in total. The maximum atomic E-state index is 12.8. The lowest BCUT2D eigenvalue weighted by atomic mass is 10.1. The Morgan fingerprint density at radius 2 is 2.25 bits per heavy atom. The van der Waals surface area contributed by atoms with Crippen LogP contribution in [-0.2, 0) is 4.74 Å². The van der Waals surface area contributed by atoms with Crippen molar-refractivity contribution in [3.8, 4) is 0 Å². The van der Waals surface area contributed by atoms with Gasteiger partial charge in [-0.3, -0.25) is 4.90 Å². The van der Waals surface area contributed by atoms with Gasteiger partial charge in [0, 0.05) is 19.6 Å². The van der Waals surface area contributed by atoms with Crippen molar-refractivity contribution in [2.24, 2.45) is 0 Å². The number of hydrogen-bond acceptors (Lipinski definition) is 2. The molecule has 0 aromatic heterocycles. The summed E-state index contributed by atoms with van der Waals surface area (Å²) in [6.07, 6.45) is 0.593. The standard InChI is InChI=1S/C8H15F2NO/c1-2-12-7-11-5-3-4-8(9,10)6-11/h2-7H2,1H3. The fraction of sp³-hybridized carbons (Fsp3) is 1.00. The third-order valence-electron chi connectivity index (χ3n) is 1.95. The summed E-state index contributed by atoms with van der Waals surface area (Å²) in [5.41, 5.74) is 0. The van der Waals surface area contributed by atoms with Crippen molar-refractivity contribution in [1.29, 1.82) is 0 Å². The fourth-order valence-corrected chi connectivity index (χ4v) is 1.38. The van der Waals surface area contributed by atoms with Gasteiger partial charge in [-0.2, -0.15) is 0 Å². The SMILES string of the molecule is CCOCN1CCCC(F)(F)C1. The van der Waals surface area contributed by atoms with Crippen LogP contribution in [0, 0.1) is 0 Å². The summed E-state index contributed by atoms with van der Waals surface area (Å²) in [4.78, 5) is 1.66. The van der Waals surface area contributed by atoms with Gasteiger partial charge >= 0.3 is 0 Å². The van der Waals surface area contributed by atoms with Crippen LogP contribution in [0.5, 0.6) is 0 Å². The van der Waals surface area contributed by atoms with Crippen molar-refractivity contribution in [1.82, 2.24) is 4.90 Å². The van der Waals surface area contributed by atoms with Crippen LogP contribution in [-0.4, -0.2) is 37.2 Å². The predicted octanol–water partition coefficient (Wildman–Crippen LogP) is 1.71. The molecule has 0 radical (unpaired) electrons. The van der Waals surface area contributed by atoms with E-state index in [1.807, 2.05) is 6.92 Å². The molecular formula is C8H15F2NO. The average molecular weight is 179 g/mol. The van der Waals surface area contributed by atoms with Gasteiger partial charge in [-0.1, -0.05) is 0 Å². The van der Waals surface area contributed by atoms with Crippen LogP contribution in [0.15, 0.2) is 0 Å². The maximum absolute atomic E-state index is 12.8. The highest BCUT2D eigenvalue weighted by Crippen LogP contribution is 2.26. The van der Waals surface area contributed by atoms with Crippen LogP contribution in [0.3, 0.4) is 0 Å². The van der Waals surface area contributed by atoms with E-state index in [2.05, 4.69) is 0 Å². The second-order valence-electron chi connectivity index (χ2n) is 3.13. The number of rotatable bonds is 3. The molecule has 1 aliphatic rings. The molecule has 1 fully saturated rings. The Bertz CT molecular complexity index is 141. The van der Waals surface area contributed by atoms with E-state index in [-0.39, 0.29) is 13.0 Å². The molecule has 0 amide bonds. The zero-order valence-electron chi connectivity index (χ0n) is 7.35. The highest BCUT2D eigenvalue weighted by Gasteiger charge is 2.34. The number of hydrogen-bond donors (Lipinski definition) is 0. The second kappa shape index (κ2) is 4.14. The number of likely N-dealkylation sites (tertiary alicyclic amines) is 1. The van der Waals surface area contributed by atoms with Crippen LogP contribution >= 0.6 is 0 Å². The molecule has 0 atom stereocenters. The number of alkyl halides is 2. The van der Waals surface area contributed by atoms with Crippen molar-refractivity contribution in [2.75, 3.05) is 26.4 Å². The lowest BCUT2D eigenvalue weighted by Crippen LogP contribution is -2.43. The lowest BCUT2D eigenvalue weighted by Gasteiger charge is -2.31. The summed E-state index contributed by atoms with van der Waals surface area (Å²) >= 11 is 0. The molecular weight excluding hydrogens is 164 g/mol. The smallest absolute Gasteiger partial charge is 0.260 e. The normalized spacial score (nSPS) is 24.2. The van der Waals surface area contributed by atoms with E-state index in [1.165, 1.54) is 0 Å². The van der Waals surface area contributed by atoms with Crippen molar-refractivity contribution < 1.29 is 13.5 Å². The van der Waals surface area contributed by atoms with Crippen molar-refractivity contribution >= 4 is 0 Å². The Morgan fingerprint density at radius 3 is 2.83 bits per heavy atom. The Hall–Kier alpha value is -0.220. The van der Waals surface area contributed by atoms with Gasteiger partial charge in [-0.25, -0.2) is 8.78 Å². The minimum absolute atomic E-state index is 0.0234. The van der Waals surface area contributed by atoms with Crippen LogP contribution in [0.1, 0.15) is 19.8 Å². The molecule has 0 unspecified atom stereocenters. The molecule has 0 saturated carbocycles. The first-order valence-electron chi connectivity index (χ1n) is 4.32. The quantitative estimate of drug-likeness (QED) is 0.654. The van der Waals surface area contributed by atoms with E-state index in [4.69, 9.17) is 4.74 Å². The largest absolute Gasteiger partial charge is 0.366 e. The van der Waals surface area contributed by atoms with Crippen LogP contribution in [0.4, 0.5) is 8.78 Å². The highest BCUT2D eigenvalue weighted by molar-refractivity contribution is 4.76. The van der Waals surface area contributed by atoms with Gasteiger partial charge in [0.1, 0.15) is 0 Å². The van der Waals surface area contributed by atoms with E-state index in [0.29, 0.717) is 19.8 Å². The monoisotopic (exact) mass is 179 g/mol. The van der Waals surface area contributed by atoms with Gasteiger partial charge in [-0.15, -0.1) is 0 Å². The molecule has 0 bridgehead atoms. The first-order chi connectivity index (χ1) is 5.64. The third-order valence-corrected chi connectivity index (χ3v) is 1.95. The highest BCUT2D eigenvalue weighted by atomic mass is 19.3. The molecule has 72 valence electrons. The minimum atomic E-state index is -2.50. The molecule has 1 aliphatic heterocycles. The Morgan fingerprint density at radius 1 is 1.50 bits per heavy atom.